The molecule has 2 aromatic carbocycles. The number of carbonyl (C=O) groups is 1. The standard InChI is InChI=1S/C18H19F3N2O/c1-11-7-12(2)17(13(3)8-11)23-16(24)10-22-15-6-4-5-14(9-15)18(19,20)21/h4-9,22H,10H2,1-3H3,(H,23,24). The molecular formula is C18H19F3N2O. The van der Waals surface area contributed by atoms with Crippen molar-refractivity contribution < 1.29 is 18.0 Å². The van der Waals surface area contributed by atoms with E-state index < -0.39 is 11.7 Å². The minimum Gasteiger partial charge on any atom is -0.376 e. The van der Waals surface area contributed by atoms with Crippen molar-refractivity contribution in [1.29, 1.82) is 0 Å². The molecule has 0 aliphatic heterocycles. The largest absolute Gasteiger partial charge is 0.416 e. The Morgan fingerprint density at radius 2 is 1.67 bits per heavy atom. The lowest BCUT2D eigenvalue weighted by atomic mass is 10.1. The number of amides is 1. The summed E-state index contributed by atoms with van der Waals surface area (Å²) < 4.78 is 38.0. The summed E-state index contributed by atoms with van der Waals surface area (Å²) in [5.74, 6) is -0.317. The van der Waals surface area contributed by atoms with Gasteiger partial charge in [-0.3, -0.25) is 4.79 Å². The van der Waals surface area contributed by atoms with Crippen LogP contribution in [-0.4, -0.2) is 12.5 Å². The average molecular weight is 336 g/mol. The Hall–Kier alpha value is -2.50. The minimum atomic E-state index is -4.41. The Labute approximate surface area is 138 Å². The van der Waals surface area contributed by atoms with Crippen LogP contribution in [0.25, 0.3) is 0 Å². The van der Waals surface area contributed by atoms with Crippen LogP contribution in [0.1, 0.15) is 22.3 Å². The lowest BCUT2D eigenvalue weighted by Gasteiger charge is -2.14. The number of rotatable bonds is 4. The van der Waals surface area contributed by atoms with Crippen LogP contribution >= 0.6 is 0 Å². The highest BCUT2D eigenvalue weighted by molar-refractivity contribution is 5.95. The van der Waals surface area contributed by atoms with Crippen LogP contribution in [0.2, 0.25) is 0 Å². The molecule has 2 aromatic rings. The smallest absolute Gasteiger partial charge is 0.376 e. The van der Waals surface area contributed by atoms with Crippen molar-refractivity contribution in [2.24, 2.45) is 0 Å². The molecule has 1 amide bonds. The number of benzene rings is 2. The number of anilines is 2. The molecule has 0 atom stereocenters. The van der Waals surface area contributed by atoms with Gasteiger partial charge >= 0.3 is 6.18 Å². The van der Waals surface area contributed by atoms with E-state index in [9.17, 15) is 18.0 Å². The van der Waals surface area contributed by atoms with E-state index in [1.165, 1.54) is 12.1 Å². The van der Waals surface area contributed by atoms with Gasteiger partial charge in [-0.05, 0) is 50.1 Å². The van der Waals surface area contributed by atoms with Gasteiger partial charge in [-0.2, -0.15) is 13.2 Å². The summed E-state index contributed by atoms with van der Waals surface area (Å²) in [6.07, 6.45) is -4.41. The molecule has 2 rings (SSSR count). The van der Waals surface area contributed by atoms with Crippen LogP contribution in [0.5, 0.6) is 0 Å². The first-order chi connectivity index (χ1) is 11.2. The molecule has 3 nitrogen and oxygen atoms in total. The fraction of sp³-hybridized carbons (Fsp3) is 0.278. The number of aryl methyl sites for hydroxylation is 3. The van der Waals surface area contributed by atoms with Gasteiger partial charge in [0, 0.05) is 11.4 Å². The van der Waals surface area contributed by atoms with Gasteiger partial charge in [-0.15, -0.1) is 0 Å². The number of nitrogens with one attached hydrogen (secondary N) is 2. The fourth-order valence-corrected chi connectivity index (χ4v) is 2.55. The quantitative estimate of drug-likeness (QED) is 0.851. The molecule has 0 fully saturated rings. The molecule has 24 heavy (non-hydrogen) atoms. The zero-order valence-electron chi connectivity index (χ0n) is 13.7. The van der Waals surface area contributed by atoms with E-state index in [0.29, 0.717) is 0 Å². The maximum atomic E-state index is 12.7. The highest BCUT2D eigenvalue weighted by Gasteiger charge is 2.30. The summed E-state index contributed by atoms with van der Waals surface area (Å²) in [6, 6.07) is 8.69. The third-order valence-corrected chi connectivity index (χ3v) is 3.58. The second-order valence-corrected chi connectivity index (χ2v) is 5.75. The van der Waals surface area contributed by atoms with Gasteiger partial charge in [0.15, 0.2) is 0 Å². The third kappa shape index (κ3) is 4.50. The van der Waals surface area contributed by atoms with Crippen LogP contribution in [0.15, 0.2) is 36.4 Å². The van der Waals surface area contributed by atoms with E-state index in [4.69, 9.17) is 0 Å². The van der Waals surface area contributed by atoms with Gasteiger partial charge in [0.2, 0.25) is 5.91 Å². The predicted octanol–water partition coefficient (Wildman–Crippen LogP) is 4.68. The molecule has 128 valence electrons. The van der Waals surface area contributed by atoms with E-state index in [0.717, 1.165) is 34.5 Å². The molecule has 0 aliphatic carbocycles. The molecule has 0 heterocycles. The zero-order chi connectivity index (χ0) is 17.9. The van der Waals surface area contributed by atoms with E-state index in [-0.39, 0.29) is 18.1 Å². The molecule has 0 saturated heterocycles. The van der Waals surface area contributed by atoms with Crippen LogP contribution in [0, 0.1) is 20.8 Å². The Morgan fingerprint density at radius 1 is 1.04 bits per heavy atom. The van der Waals surface area contributed by atoms with Crippen molar-refractivity contribution in [1.82, 2.24) is 0 Å². The maximum absolute atomic E-state index is 12.7. The van der Waals surface area contributed by atoms with Crippen molar-refractivity contribution in [2.45, 2.75) is 26.9 Å². The van der Waals surface area contributed by atoms with Crippen molar-refractivity contribution in [3.05, 3.63) is 58.7 Å². The van der Waals surface area contributed by atoms with Crippen molar-refractivity contribution >= 4 is 17.3 Å². The fourth-order valence-electron chi connectivity index (χ4n) is 2.55. The van der Waals surface area contributed by atoms with Gasteiger partial charge in [-0.1, -0.05) is 23.8 Å². The molecule has 0 radical (unpaired) electrons. The number of carbonyl (C=O) groups excluding carboxylic acids is 1. The first-order valence-electron chi connectivity index (χ1n) is 7.45. The summed E-state index contributed by atoms with van der Waals surface area (Å²) in [7, 11) is 0. The number of hydrogen-bond donors (Lipinski definition) is 2. The highest BCUT2D eigenvalue weighted by Crippen LogP contribution is 2.30. The molecule has 6 heteroatoms. The number of hydrogen-bond acceptors (Lipinski definition) is 2. The Balaban J connectivity index is 2.02. The normalized spacial score (nSPS) is 11.2. The van der Waals surface area contributed by atoms with Gasteiger partial charge in [0.05, 0.1) is 12.1 Å². The van der Waals surface area contributed by atoms with Gasteiger partial charge in [-0.25, -0.2) is 0 Å². The van der Waals surface area contributed by atoms with Crippen LogP contribution in [-0.2, 0) is 11.0 Å². The Kier molecular flexibility index (Phi) is 5.17. The minimum absolute atomic E-state index is 0.117. The van der Waals surface area contributed by atoms with E-state index >= 15 is 0 Å². The summed E-state index contributed by atoms with van der Waals surface area (Å²) in [4.78, 5) is 12.1. The van der Waals surface area contributed by atoms with Crippen LogP contribution in [0.3, 0.4) is 0 Å². The topological polar surface area (TPSA) is 41.1 Å². The van der Waals surface area contributed by atoms with Crippen molar-refractivity contribution in [3.8, 4) is 0 Å². The average Bonchev–Trinajstić information content (AvgIpc) is 2.48. The van der Waals surface area contributed by atoms with Crippen molar-refractivity contribution in [2.75, 3.05) is 17.2 Å². The summed E-state index contributed by atoms with van der Waals surface area (Å²) in [5.41, 5.74) is 3.22. The van der Waals surface area contributed by atoms with Gasteiger partial charge in [0.25, 0.3) is 0 Å². The monoisotopic (exact) mass is 336 g/mol. The van der Waals surface area contributed by atoms with E-state index in [1.807, 2.05) is 32.9 Å². The Bertz CT molecular complexity index is 731. The molecule has 0 spiro atoms. The van der Waals surface area contributed by atoms with E-state index in [2.05, 4.69) is 10.6 Å². The van der Waals surface area contributed by atoms with E-state index in [1.54, 1.807) is 0 Å². The SMILES string of the molecule is Cc1cc(C)c(NC(=O)CNc2cccc(C(F)(F)F)c2)c(C)c1. The van der Waals surface area contributed by atoms with Crippen LogP contribution < -0.4 is 10.6 Å². The lowest BCUT2D eigenvalue weighted by Crippen LogP contribution is -2.23. The van der Waals surface area contributed by atoms with Crippen molar-refractivity contribution in [3.63, 3.8) is 0 Å². The summed E-state index contributed by atoms with van der Waals surface area (Å²) in [6.45, 7) is 5.65. The maximum Gasteiger partial charge on any atom is 0.416 e. The van der Waals surface area contributed by atoms with Gasteiger partial charge in [0.1, 0.15) is 0 Å². The summed E-state index contributed by atoms with van der Waals surface area (Å²) in [5, 5.41) is 5.51. The highest BCUT2D eigenvalue weighted by atomic mass is 19.4. The molecule has 0 unspecified atom stereocenters. The molecular weight excluding hydrogens is 317 g/mol. The molecule has 0 saturated carbocycles. The number of alkyl halides is 3. The third-order valence-electron chi connectivity index (χ3n) is 3.58. The molecule has 0 aromatic heterocycles. The van der Waals surface area contributed by atoms with Crippen LogP contribution in [0.4, 0.5) is 24.5 Å². The lowest BCUT2D eigenvalue weighted by molar-refractivity contribution is -0.137. The first-order valence-corrected chi connectivity index (χ1v) is 7.45. The molecule has 0 bridgehead atoms. The second kappa shape index (κ2) is 6.95. The zero-order valence-corrected chi connectivity index (χ0v) is 13.7. The predicted molar refractivity (Wildman–Crippen MR) is 89.2 cm³/mol. The van der Waals surface area contributed by atoms with Gasteiger partial charge < -0.3 is 10.6 Å². The first kappa shape index (κ1) is 17.8. The molecule has 2 N–H and O–H groups in total. The second-order valence-electron chi connectivity index (χ2n) is 5.75. The Morgan fingerprint density at radius 3 is 2.25 bits per heavy atom. The summed E-state index contributed by atoms with van der Waals surface area (Å²) >= 11 is 0. The number of halogens is 3. The molecule has 0 aliphatic rings.